The molecule has 1 amide bonds. The number of nitro groups is 1. The standard InChI is InChI=1S/C23H14BrN3O5/c24-20-6-1-2-7-21(20)26-22(28)17(14-25)12-15-8-10-19(11-9-15)32-23(29)16-4-3-5-18(13-16)27(30)31/h1-13H,(H,26,28)/b17-12+. The Morgan fingerprint density at radius 2 is 1.78 bits per heavy atom. The summed E-state index contributed by atoms with van der Waals surface area (Å²) in [6.45, 7) is 0. The van der Waals surface area contributed by atoms with Gasteiger partial charge in [-0.3, -0.25) is 14.9 Å². The van der Waals surface area contributed by atoms with Crippen molar-refractivity contribution in [2.75, 3.05) is 5.32 Å². The first-order valence-corrected chi connectivity index (χ1v) is 9.91. The minimum atomic E-state index is -0.748. The predicted octanol–water partition coefficient (Wildman–Crippen LogP) is 5.12. The first kappa shape index (κ1) is 22.4. The quantitative estimate of drug-likeness (QED) is 0.127. The third-order valence-electron chi connectivity index (χ3n) is 4.18. The van der Waals surface area contributed by atoms with Gasteiger partial charge in [-0.05, 0) is 57.9 Å². The van der Waals surface area contributed by atoms with Crippen molar-refractivity contribution in [1.29, 1.82) is 5.26 Å². The van der Waals surface area contributed by atoms with Crippen LogP contribution in [0, 0.1) is 21.4 Å². The van der Waals surface area contributed by atoms with Gasteiger partial charge in [-0.1, -0.05) is 30.3 Å². The van der Waals surface area contributed by atoms with Crippen molar-refractivity contribution in [1.82, 2.24) is 0 Å². The number of hydrogen-bond acceptors (Lipinski definition) is 6. The first-order chi connectivity index (χ1) is 15.4. The Morgan fingerprint density at radius 1 is 1.06 bits per heavy atom. The van der Waals surface area contributed by atoms with Gasteiger partial charge < -0.3 is 10.1 Å². The Kier molecular flexibility index (Phi) is 7.10. The van der Waals surface area contributed by atoms with E-state index < -0.39 is 16.8 Å². The molecular formula is C23H14BrN3O5. The summed E-state index contributed by atoms with van der Waals surface area (Å²) < 4.78 is 5.91. The first-order valence-electron chi connectivity index (χ1n) is 9.12. The van der Waals surface area contributed by atoms with Crippen molar-refractivity contribution in [3.8, 4) is 11.8 Å². The smallest absolute Gasteiger partial charge is 0.343 e. The Morgan fingerprint density at radius 3 is 2.44 bits per heavy atom. The zero-order valence-electron chi connectivity index (χ0n) is 16.3. The van der Waals surface area contributed by atoms with Crippen molar-refractivity contribution in [3.05, 3.63) is 104 Å². The summed E-state index contributed by atoms with van der Waals surface area (Å²) in [6.07, 6.45) is 1.40. The van der Waals surface area contributed by atoms with Gasteiger partial charge in [-0.15, -0.1) is 0 Å². The van der Waals surface area contributed by atoms with Crippen molar-refractivity contribution in [2.45, 2.75) is 0 Å². The second-order valence-corrected chi connectivity index (χ2v) is 7.22. The molecule has 0 saturated heterocycles. The van der Waals surface area contributed by atoms with Gasteiger partial charge in [0, 0.05) is 16.6 Å². The van der Waals surface area contributed by atoms with Gasteiger partial charge in [0.25, 0.3) is 11.6 Å². The fourth-order valence-corrected chi connectivity index (χ4v) is 3.00. The molecule has 0 spiro atoms. The molecule has 3 aromatic carbocycles. The maximum Gasteiger partial charge on any atom is 0.343 e. The van der Waals surface area contributed by atoms with E-state index in [0.29, 0.717) is 15.7 Å². The number of nitro benzene ring substituents is 1. The minimum absolute atomic E-state index is 0.0404. The van der Waals surface area contributed by atoms with E-state index in [2.05, 4.69) is 21.2 Å². The minimum Gasteiger partial charge on any atom is -0.423 e. The van der Waals surface area contributed by atoms with E-state index >= 15 is 0 Å². The Labute approximate surface area is 191 Å². The molecule has 0 aromatic heterocycles. The number of ether oxygens (including phenoxy) is 1. The lowest BCUT2D eigenvalue weighted by atomic mass is 10.1. The van der Waals surface area contributed by atoms with Gasteiger partial charge in [-0.2, -0.15) is 5.26 Å². The third kappa shape index (κ3) is 5.65. The maximum absolute atomic E-state index is 12.4. The predicted molar refractivity (Wildman–Crippen MR) is 121 cm³/mol. The van der Waals surface area contributed by atoms with Crippen LogP contribution in [0.15, 0.2) is 82.8 Å². The average molecular weight is 492 g/mol. The lowest BCUT2D eigenvalue weighted by Crippen LogP contribution is -2.13. The zero-order chi connectivity index (χ0) is 23.1. The molecule has 32 heavy (non-hydrogen) atoms. The lowest BCUT2D eigenvalue weighted by Gasteiger charge is -2.07. The molecule has 0 aliphatic carbocycles. The molecule has 0 atom stereocenters. The molecule has 9 heteroatoms. The number of esters is 1. The molecule has 0 bridgehead atoms. The molecule has 3 rings (SSSR count). The van der Waals surface area contributed by atoms with Crippen LogP contribution >= 0.6 is 15.9 Å². The number of halogens is 1. The van der Waals surface area contributed by atoms with E-state index in [0.717, 1.165) is 6.07 Å². The SMILES string of the molecule is N#C/C(=C\c1ccc(OC(=O)c2cccc([N+](=O)[O-])c2)cc1)C(=O)Nc1ccccc1Br. The van der Waals surface area contributed by atoms with Crippen LogP contribution in [0.25, 0.3) is 6.08 Å². The summed E-state index contributed by atoms with van der Waals surface area (Å²) >= 11 is 3.33. The summed E-state index contributed by atoms with van der Waals surface area (Å²) in [5.41, 5.74) is 0.784. The number of nitrogens with zero attached hydrogens (tertiary/aromatic N) is 2. The topological polar surface area (TPSA) is 122 Å². The molecule has 3 aromatic rings. The number of anilines is 1. The number of carbonyl (C=O) groups is 2. The molecule has 8 nitrogen and oxygen atoms in total. The van der Waals surface area contributed by atoms with E-state index in [1.165, 1.54) is 36.4 Å². The van der Waals surface area contributed by atoms with Crippen molar-refractivity contribution < 1.29 is 19.2 Å². The van der Waals surface area contributed by atoms with Gasteiger partial charge in [0.05, 0.1) is 16.2 Å². The van der Waals surface area contributed by atoms with Crippen LogP contribution in [-0.4, -0.2) is 16.8 Å². The number of non-ortho nitro benzene ring substituents is 1. The number of rotatable bonds is 6. The molecule has 0 radical (unpaired) electrons. The van der Waals surface area contributed by atoms with Gasteiger partial charge in [-0.25, -0.2) is 4.79 Å². The van der Waals surface area contributed by atoms with Crippen molar-refractivity contribution in [3.63, 3.8) is 0 Å². The molecule has 0 saturated carbocycles. The largest absolute Gasteiger partial charge is 0.423 e. The average Bonchev–Trinajstić information content (AvgIpc) is 2.80. The summed E-state index contributed by atoms with van der Waals surface area (Å²) in [5.74, 6) is -1.11. The molecular weight excluding hydrogens is 478 g/mol. The second kappa shape index (κ2) is 10.1. The highest BCUT2D eigenvalue weighted by molar-refractivity contribution is 9.10. The molecule has 0 heterocycles. The van der Waals surface area contributed by atoms with Crippen LogP contribution < -0.4 is 10.1 Å². The monoisotopic (exact) mass is 491 g/mol. The van der Waals surface area contributed by atoms with Crippen LogP contribution in [0.1, 0.15) is 15.9 Å². The number of para-hydroxylation sites is 1. The Balaban J connectivity index is 1.71. The van der Waals surface area contributed by atoms with Crippen LogP contribution in [0.3, 0.4) is 0 Å². The third-order valence-corrected chi connectivity index (χ3v) is 4.87. The van der Waals surface area contributed by atoms with Gasteiger partial charge in [0.15, 0.2) is 0 Å². The summed E-state index contributed by atoms with van der Waals surface area (Å²) in [4.78, 5) is 34.9. The Bertz CT molecular complexity index is 1260. The number of carbonyl (C=O) groups excluding carboxylic acids is 2. The van der Waals surface area contributed by atoms with Crippen LogP contribution in [0.4, 0.5) is 11.4 Å². The van der Waals surface area contributed by atoms with Gasteiger partial charge >= 0.3 is 5.97 Å². The van der Waals surface area contributed by atoms with E-state index in [1.54, 1.807) is 36.4 Å². The molecule has 0 aliphatic heterocycles. The maximum atomic E-state index is 12.4. The fraction of sp³-hybridized carbons (Fsp3) is 0. The molecule has 158 valence electrons. The lowest BCUT2D eigenvalue weighted by molar-refractivity contribution is -0.384. The summed E-state index contributed by atoms with van der Waals surface area (Å²) in [7, 11) is 0. The van der Waals surface area contributed by atoms with E-state index in [4.69, 9.17) is 4.74 Å². The molecule has 1 N–H and O–H groups in total. The van der Waals surface area contributed by atoms with E-state index in [-0.39, 0.29) is 22.6 Å². The number of nitrogens with one attached hydrogen (secondary N) is 1. The number of hydrogen-bond donors (Lipinski definition) is 1. The highest BCUT2D eigenvalue weighted by Gasteiger charge is 2.14. The fourth-order valence-electron chi connectivity index (χ4n) is 2.61. The number of nitriles is 1. The zero-order valence-corrected chi connectivity index (χ0v) is 17.9. The summed E-state index contributed by atoms with van der Waals surface area (Å²) in [5, 5.41) is 22.9. The molecule has 0 unspecified atom stereocenters. The van der Waals surface area contributed by atoms with Gasteiger partial charge in [0.1, 0.15) is 17.4 Å². The highest BCUT2D eigenvalue weighted by atomic mass is 79.9. The molecule has 0 aliphatic rings. The van der Waals surface area contributed by atoms with Crippen LogP contribution in [0.5, 0.6) is 5.75 Å². The normalized spacial score (nSPS) is 10.7. The van der Waals surface area contributed by atoms with Crippen LogP contribution in [0.2, 0.25) is 0 Å². The van der Waals surface area contributed by atoms with Gasteiger partial charge in [0.2, 0.25) is 0 Å². The molecule has 0 fully saturated rings. The number of amides is 1. The summed E-state index contributed by atoms with van der Waals surface area (Å²) in [6, 6.07) is 20.2. The highest BCUT2D eigenvalue weighted by Crippen LogP contribution is 2.22. The van der Waals surface area contributed by atoms with Crippen molar-refractivity contribution in [2.24, 2.45) is 0 Å². The number of benzene rings is 3. The van der Waals surface area contributed by atoms with Crippen LogP contribution in [-0.2, 0) is 4.79 Å². The van der Waals surface area contributed by atoms with E-state index in [9.17, 15) is 25.0 Å². The van der Waals surface area contributed by atoms with E-state index in [1.807, 2.05) is 6.07 Å². The second-order valence-electron chi connectivity index (χ2n) is 6.37. The Hall–Kier alpha value is -4.29. The van der Waals surface area contributed by atoms with Crippen molar-refractivity contribution >= 4 is 45.3 Å².